The van der Waals surface area contributed by atoms with Gasteiger partial charge in [0.15, 0.2) is 0 Å². The maximum atomic E-state index is 11.5. The van der Waals surface area contributed by atoms with Gasteiger partial charge in [-0.3, -0.25) is 0 Å². The molecular formula is C20H13N3O3. The van der Waals surface area contributed by atoms with Crippen LogP contribution in [0.5, 0.6) is 11.5 Å². The van der Waals surface area contributed by atoms with Gasteiger partial charge in [0.05, 0.1) is 17.2 Å². The number of carboxylic acids is 1. The number of ether oxygens (including phenoxy) is 1. The Kier molecular flexibility index (Phi) is 4.42. The van der Waals surface area contributed by atoms with Crippen molar-refractivity contribution in [2.24, 2.45) is 7.05 Å². The Labute approximate surface area is 149 Å². The van der Waals surface area contributed by atoms with Crippen LogP contribution in [-0.4, -0.2) is 15.6 Å². The summed E-state index contributed by atoms with van der Waals surface area (Å²) in [5, 5.41) is 27.5. The number of carboxylic acid groups (broad SMARTS) is 1. The maximum absolute atomic E-state index is 11.5. The topological polar surface area (TPSA) is 99.0 Å². The zero-order chi connectivity index (χ0) is 18.7. The van der Waals surface area contributed by atoms with Gasteiger partial charge in [-0.05, 0) is 42.0 Å². The largest absolute Gasteiger partial charge is 0.477 e. The molecular weight excluding hydrogens is 330 g/mol. The lowest BCUT2D eigenvalue weighted by molar-refractivity contribution is 0.0687. The highest BCUT2D eigenvalue weighted by Gasteiger charge is 2.21. The van der Waals surface area contributed by atoms with Gasteiger partial charge in [0.1, 0.15) is 23.3 Å². The highest BCUT2D eigenvalue weighted by Crippen LogP contribution is 2.31. The lowest BCUT2D eigenvalue weighted by atomic mass is 10.0. The molecule has 0 saturated carbocycles. The first kappa shape index (κ1) is 16.8. The summed E-state index contributed by atoms with van der Waals surface area (Å²) >= 11 is 0. The second-order valence-corrected chi connectivity index (χ2v) is 5.56. The van der Waals surface area contributed by atoms with Crippen molar-refractivity contribution in [2.45, 2.75) is 0 Å². The van der Waals surface area contributed by atoms with E-state index in [-0.39, 0.29) is 5.69 Å². The molecule has 26 heavy (non-hydrogen) atoms. The third kappa shape index (κ3) is 3.12. The van der Waals surface area contributed by atoms with E-state index in [1.807, 2.05) is 12.1 Å². The minimum absolute atomic E-state index is 0.0577. The number of hydrogen-bond acceptors (Lipinski definition) is 4. The molecule has 2 aromatic carbocycles. The molecule has 1 N–H and O–H groups in total. The number of aromatic nitrogens is 1. The zero-order valence-electron chi connectivity index (χ0n) is 13.8. The Morgan fingerprint density at radius 1 is 1.00 bits per heavy atom. The Hall–Kier alpha value is -4.03. The number of aryl methyl sites for hydroxylation is 1. The standard InChI is InChI=1S/C20H13N3O3/c1-23-12-15(11-22)18(19(23)20(24)25)14-4-8-17(9-5-14)26-16-6-2-13(10-21)3-7-16/h2-9,12H,1H3,(H,24,25). The molecule has 0 fully saturated rings. The van der Waals surface area contributed by atoms with Crippen LogP contribution in [0.4, 0.5) is 0 Å². The Morgan fingerprint density at radius 2 is 1.58 bits per heavy atom. The Bertz CT molecular complexity index is 1050. The number of rotatable bonds is 4. The normalized spacial score (nSPS) is 9.96. The van der Waals surface area contributed by atoms with Gasteiger partial charge >= 0.3 is 5.97 Å². The van der Waals surface area contributed by atoms with Gasteiger partial charge in [0, 0.05) is 18.8 Å². The molecule has 126 valence electrons. The number of carbonyl (C=O) groups is 1. The molecule has 1 heterocycles. The molecule has 0 spiro atoms. The molecule has 0 radical (unpaired) electrons. The quantitative estimate of drug-likeness (QED) is 0.774. The van der Waals surface area contributed by atoms with Crippen LogP contribution in [0.25, 0.3) is 11.1 Å². The molecule has 0 saturated heterocycles. The first-order chi connectivity index (χ1) is 12.5. The molecule has 0 amide bonds. The van der Waals surface area contributed by atoms with E-state index in [1.165, 1.54) is 10.8 Å². The molecule has 6 nitrogen and oxygen atoms in total. The molecule has 0 aliphatic carbocycles. The van der Waals surface area contributed by atoms with E-state index in [2.05, 4.69) is 0 Å². The van der Waals surface area contributed by atoms with Gasteiger partial charge in [0.2, 0.25) is 0 Å². The second-order valence-electron chi connectivity index (χ2n) is 5.56. The smallest absolute Gasteiger partial charge is 0.353 e. The molecule has 0 bridgehead atoms. The summed E-state index contributed by atoms with van der Waals surface area (Å²) in [4.78, 5) is 11.5. The molecule has 0 unspecified atom stereocenters. The number of aromatic carboxylic acids is 1. The van der Waals surface area contributed by atoms with Crippen molar-refractivity contribution >= 4 is 5.97 Å². The summed E-state index contributed by atoms with van der Waals surface area (Å²) in [6.45, 7) is 0. The van der Waals surface area contributed by atoms with Gasteiger partial charge in [-0.25, -0.2) is 4.79 Å². The third-order valence-corrected chi connectivity index (χ3v) is 3.87. The first-order valence-corrected chi connectivity index (χ1v) is 7.64. The van der Waals surface area contributed by atoms with Crippen LogP contribution in [-0.2, 0) is 7.05 Å². The zero-order valence-corrected chi connectivity index (χ0v) is 13.8. The second kappa shape index (κ2) is 6.84. The molecule has 6 heteroatoms. The van der Waals surface area contributed by atoms with Crippen LogP contribution in [0.2, 0.25) is 0 Å². The van der Waals surface area contributed by atoms with Crippen molar-refractivity contribution in [3.8, 4) is 34.8 Å². The summed E-state index contributed by atoms with van der Waals surface area (Å²) in [6, 6.07) is 17.6. The minimum Gasteiger partial charge on any atom is -0.477 e. The van der Waals surface area contributed by atoms with E-state index >= 15 is 0 Å². The van der Waals surface area contributed by atoms with E-state index in [0.29, 0.717) is 33.8 Å². The molecule has 0 aliphatic heterocycles. The fraction of sp³-hybridized carbons (Fsp3) is 0.0500. The van der Waals surface area contributed by atoms with Gasteiger partial charge in [0.25, 0.3) is 0 Å². The van der Waals surface area contributed by atoms with Gasteiger partial charge in [-0.15, -0.1) is 0 Å². The summed E-state index contributed by atoms with van der Waals surface area (Å²) in [5.74, 6) is 0.0482. The summed E-state index contributed by atoms with van der Waals surface area (Å²) in [6.07, 6.45) is 1.50. The van der Waals surface area contributed by atoms with Crippen LogP contribution < -0.4 is 4.74 Å². The molecule has 0 aliphatic rings. The Balaban J connectivity index is 1.92. The molecule has 0 atom stereocenters. The van der Waals surface area contributed by atoms with Crippen LogP contribution in [0.3, 0.4) is 0 Å². The van der Waals surface area contributed by atoms with Crippen LogP contribution >= 0.6 is 0 Å². The molecule has 3 rings (SSSR count). The number of nitriles is 2. The maximum Gasteiger partial charge on any atom is 0.353 e. The monoisotopic (exact) mass is 343 g/mol. The van der Waals surface area contributed by atoms with Crippen molar-refractivity contribution in [1.82, 2.24) is 4.57 Å². The van der Waals surface area contributed by atoms with Crippen LogP contribution in [0.1, 0.15) is 21.6 Å². The minimum atomic E-state index is -1.10. The number of nitrogens with zero attached hydrogens (tertiary/aromatic N) is 3. The summed E-state index contributed by atoms with van der Waals surface area (Å²) < 4.78 is 7.14. The van der Waals surface area contributed by atoms with E-state index in [9.17, 15) is 15.2 Å². The Morgan fingerprint density at radius 3 is 2.08 bits per heavy atom. The average Bonchev–Trinajstić information content (AvgIpc) is 2.99. The predicted octanol–water partition coefficient (Wildman–Crippen LogP) is 3.93. The number of hydrogen-bond donors (Lipinski definition) is 1. The van der Waals surface area contributed by atoms with E-state index in [0.717, 1.165) is 0 Å². The van der Waals surface area contributed by atoms with Crippen LogP contribution in [0, 0.1) is 22.7 Å². The summed E-state index contributed by atoms with van der Waals surface area (Å²) in [7, 11) is 1.59. The predicted molar refractivity (Wildman–Crippen MR) is 93.8 cm³/mol. The molecule has 3 aromatic rings. The summed E-state index contributed by atoms with van der Waals surface area (Å²) in [5.41, 5.74) is 1.90. The third-order valence-electron chi connectivity index (χ3n) is 3.87. The number of benzene rings is 2. The molecule has 1 aromatic heterocycles. The fourth-order valence-corrected chi connectivity index (χ4v) is 2.68. The van der Waals surface area contributed by atoms with Gasteiger partial charge in [-0.2, -0.15) is 10.5 Å². The van der Waals surface area contributed by atoms with Gasteiger partial charge < -0.3 is 14.4 Å². The lowest BCUT2D eigenvalue weighted by Gasteiger charge is -2.08. The fourth-order valence-electron chi connectivity index (χ4n) is 2.68. The SMILES string of the molecule is Cn1cc(C#N)c(-c2ccc(Oc3ccc(C#N)cc3)cc2)c1C(=O)O. The van der Waals surface area contributed by atoms with Gasteiger partial charge in [-0.1, -0.05) is 12.1 Å². The van der Waals surface area contributed by atoms with E-state index < -0.39 is 5.97 Å². The highest BCUT2D eigenvalue weighted by atomic mass is 16.5. The van der Waals surface area contributed by atoms with Crippen molar-refractivity contribution in [2.75, 3.05) is 0 Å². The van der Waals surface area contributed by atoms with Crippen molar-refractivity contribution in [1.29, 1.82) is 10.5 Å². The van der Waals surface area contributed by atoms with Crippen molar-refractivity contribution in [3.63, 3.8) is 0 Å². The van der Waals surface area contributed by atoms with E-state index in [4.69, 9.17) is 10.00 Å². The van der Waals surface area contributed by atoms with E-state index in [1.54, 1.807) is 55.6 Å². The first-order valence-electron chi connectivity index (χ1n) is 7.64. The van der Waals surface area contributed by atoms with Crippen LogP contribution in [0.15, 0.2) is 54.7 Å². The average molecular weight is 343 g/mol. The lowest BCUT2D eigenvalue weighted by Crippen LogP contribution is -2.05. The van der Waals surface area contributed by atoms with Crippen molar-refractivity contribution < 1.29 is 14.6 Å². The highest BCUT2D eigenvalue weighted by molar-refractivity contribution is 5.96. The van der Waals surface area contributed by atoms with Crippen molar-refractivity contribution in [3.05, 3.63) is 71.5 Å².